The number of nitriles is 1. The normalized spacial score (nSPS) is 13.6. The molecule has 0 bridgehead atoms. The van der Waals surface area contributed by atoms with E-state index >= 15 is 0 Å². The second-order valence-corrected chi connectivity index (χ2v) is 9.53. The number of unbranched alkanes of at least 4 members (excludes halogenated alkanes) is 6. The van der Waals surface area contributed by atoms with Crippen molar-refractivity contribution >= 4 is 11.9 Å². The van der Waals surface area contributed by atoms with Crippen molar-refractivity contribution in [2.75, 3.05) is 0 Å². The highest BCUT2D eigenvalue weighted by atomic mass is 19.1. The lowest BCUT2D eigenvalue weighted by Crippen LogP contribution is -2.07. The van der Waals surface area contributed by atoms with Gasteiger partial charge in [-0.05, 0) is 78.1 Å². The zero-order chi connectivity index (χ0) is 27.6. The average Bonchev–Trinajstić information content (AvgIpc) is 3.44. The first kappa shape index (κ1) is 27.7. The highest BCUT2D eigenvalue weighted by Gasteiger charge is 2.19. The van der Waals surface area contributed by atoms with E-state index in [1.165, 1.54) is 18.2 Å². The monoisotopic (exact) mass is 529 g/mol. The smallest absolute Gasteiger partial charge is 0.311 e. The molecule has 0 aliphatic heterocycles. The number of halogens is 2. The van der Waals surface area contributed by atoms with Gasteiger partial charge in [0.15, 0.2) is 0 Å². The minimum atomic E-state index is -0.500. The van der Waals surface area contributed by atoms with E-state index in [1.807, 2.05) is 6.07 Å². The lowest BCUT2D eigenvalue weighted by atomic mass is 10.0. The number of ether oxygens (including phenoxy) is 2. The number of rotatable bonds is 13. The van der Waals surface area contributed by atoms with Gasteiger partial charge in [0.2, 0.25) is 0 Å². The Balaban J connectivity index is 1.04. The Hall–Kier alpha value is -4.31. The molecule has 0 spiro atoms. The van der Waals surface area contributed by atoms with Crippen LogP contribution in [0.1, 0.15) is 63.4 Å². The van der Waals surface area contributed by atoms with Gasteiger partial charge in [0.05, 0.1) is 11.6 Å². The van der Waals surface area contributed by atoms with Gasteiger partial charge >= 0.3 is 11.9 Å². The van der Waals surface area contributed by atoms with Gasteiger partial charge in [-0.2, -0.15) is 5.26 Å². The van der Waals surface area contributed by atoms with E-state index in [0.717, 1.165) is 49.7 Å². The van der Waals surface area contributed by atoms with E-state index in [4.69, 9.17) is 14.7 Å². The summed E-state index contributed by atoms with van der Waals surface area (Å²) in [5, 5.41) is 8.89. The second-order valence-electron chi connectivity index (χ2n) is 9.53. The van der Waals surface area contributed by atoms with Crippen molar-refractivity contribution < 1.29 is 27.8 Å². The van der Waals surface area contributed by atoms with Crippen molar-refractivity contribution in [3.8, 4) is 22.9 Å². The molecule has 2 aromatic rings. The number of hydrogen-bond acceptors (Lipinski definition) is 5. The molecule has 0 radical (unpaired) electrons. The van der Waals surface area contributed by atoms with E-state index in [1.54, 1.807) is 48.6 Å². The van der Waals surface area contributed by atoms with Crippen LogP contribution >= 0.6 is 0 Å². The maximum atomic E-state index is 14.5. The molecule has 5 nitrogen and oxygen atoms in total. The Bertz CT molecular complexity index is 1390. The van der Waals surface area contributed by atoms with Crippen LogP contribution in [0.5, 0.6) is 5.75 Å². The molecule has 2 aromatic carbocycles. The fourth-order valence-corrected chi connectivity index (χ4v) is 4.47. The molecule has 2 aliphatic rings. The summed E-state index contributed by atoms with van der Waals surface area (Å²) in [5.74, 6) is -0.856. The van der Waals surface area contributed by atoms with Crippen LogP contribution in [0.2, 0.25) is 0 Å². The van der Waals surface area contributed by atoms with Gasteiger partial charge in [0.1, 0.15) is 23.2 Å². The van der Waals surface area contributed by atoms with Crippen LogP contribution < -0.4 is 4.74 Å². The van der Waals surface area contributed by atoms with Crippen LogP contribution in [0.15, 0.2) is 89.5 Å². The standard InChI is InChI=1S/C32H29F2NO4/c33-26-16-24-18-28(19-25(24)17-26)39-32(37)9-7-5-3-1-2-4-6-8-31(36)38-27-14-15-29(30(34)20-27)23-12-10-22(21-35)11-13-23/h10-20H,1-9H2. The Kier molecular flexibility index (Phi) is 9.58. The average molecular weight is 530 g/mol. The lowest BCUT2D eigenvalue weighted by Gasteiger charge is -2.08. The summed E-state index contributed by atoms with van der Waals surface area (Å²) in [6.07, 6.45) is 13.0. The molecule has 0 saturated heterocycles. The molecule has 0 aromatic heterocycles. The SMILES string of the molecule is N#Cc1ccc(-c2ccc(OC(=O)CCCCCCCCCC(=O)OC3=CC4=CC(F)=CC4=C3)cc2F)cc1. The van der Waals surface area contributed by atoms with Gasteiger partial charge in [-0.15, -0.1) is 0 Å². The van der Waals surface area contributed by atoms with Crippen molar-refractivity contribution in [2.45, 2.75) is 57.8 Å². The summed E-state index contributed by atoms with van der Waals surface area (Å²) < 4.78 is 38.3. The van der Waals surface area contributed by atoms with Crippen LogP contribution in [0.4, 0.5) is 8.78 Å². The van der Waals surface area contributed by atoms with E-state index in [2.05, 4.69) is 0 Å². The van der Waals surface area contributed by atoms with Crippen LogP contribution in [0, 0.1) is 17.1 Å². The Morgan fingerprint density at radius 2 is 1.33 bits per heavy atom. The number of nitrogens with zero attached hydrogens (tertiary/aromatic N) is 1. The first-order chi connectivity index (χ1) is 18.9. The third-order valence-electron chi connectivity index (χ3n) is 6.51. The molecule has 0 atom stereocenters. The molecular weight excluding hydrogens is 500 g/mol. The summed E-state index contributed by atoms with van der Waals surface area (Å²) in [5.41, 5.74) is 2.97. The van der Waals surface area contributed by atoms with Gasteiger partial charge in [0.25, 0.3) is 0 Å². The molecule has 200 valence electrons. The topological polar surface area (TPSA) is 76.4 Å². The van der Waals surface area contributed by atoms with Gasteiger partial charge in [-0.25, -0.2) is 8.78 Å². The number of carbonyl (C=O) groups excluding carboxylic acids is 2. The molecule has 7 heteroatoms. The first-order valence-electron chi connectivity index (χ1n) is 13.2. The minimum absolute atomic E-state index is 0.167. The van der Waals surface area contributed by atoms with Crippen molar-refractivity contribution in [3.63, 3.8) is 0 Å². The van der Waals surface area contributed by atoms with Crippen molar-refractivity contribution in [3.05, 3.63) is 101 Å². The van der Waals surface area contributed by atoms with Gasteiger partial charge in [0, 0.05) is 24.5 Å². The third-order valence-corrected chi connectivity index (χ3v) is 6.51. The van der Waals surface area contributed by atoms with E-state index in [9.17, 15) is 18.4 Å². The zero-order valence-electron chi connectivity index (χ0n) is 21.6. The van der Waals surface area contributed by atoms with Gasteiger partial charge in [-0.3, -0.25) is 9.59 Å². The molecule has 0 saturated carbocycles. The fourth-order valence-electron chi connectivity index (χ4n) is 4.47. The molecule has 4 rings (SSSR count). The Morgan fingerprint density at radius 1 is 0.718 bits per heavy atom. The highest BCUT2D eigenvalue weighted by Crippen LogP contribution is 2.33. The third kappa shape index (κ3) is 8.08. The number of benzene rings is 2. The molecule has 0 unspecified atom stereocenters. The quantitative estimate of drug-likeness (QED) is 0.150. The maximum Gasteiger partial charge on any atom is 0.311 e. The van der Waals surface area contributed by atoms with Crippen molar-refractivity contribution in [2.24, 2.45) is 0 Å². The van der Waals surface area contributed by atoms with Crippen molar-refractivity contribution in [1.29, 1.82) is 5.26 Å². The Morgan fingerprint density at radius 3 is 1.95 bits per heavy atom. The second kappa shape index (κ2) is 13.5. The fraction of sp³-hybridized carbons (Fsp3) is 0.281. The Labute approximate surface area is 226 Å². The predicted octanol–water partition coefficient (Wildman–Crippen LogP) is 7.94. The number of fused-ring (bicyclic) bond motifs is 1. The van der Waals surface area contributed by atoms with E-state index < -0.39 is 11.8 Å². The van der Waals surface area contributed by atoms with E-state index in [0.29, 0.717) is 35.3 Å². The minimum Gasteiger partial charge on any atom is -0.426 e. The van der Waals surface area contributed by atoms with Crippen LogP contribution in [0.25, 0.3) is 11.1 Å². The predicted molar refractivity (Wildman–Crippen MR) is 143 cm³/mol. The summed E-state index contributed by atoms with van der Waals surface area (Å²) in [6.45, 7) is 0. The summed E-state index contributed by atoms with van der Waals surface area (Å²) in [6, 6.07) is 12.9. The summed E-state index contributed by atoms with van der Waals surface area (Å²) in [7, 11) is 0. The summed E-state index contributed by atoms with van der Waals surface area (Å²) >= 11 is 0. The number of esters is 2. The highest BCUT2D eigenvalue weighted by molar-refractivity contribution is 5.74. The molecule has 0 amide bonds. The van der Waals surface area contributed by atoms with Crippen molar-refractivity contribution in [1.82, 2.24) is 0 Å². The first-order valence-corrected chi connectivity index (χ1v) is 13.2. The van der Waals surface area contributed by atoms with Crippen LogP contribution in [-0.4, -0.2) is 11.9 Å². The number of hydrogen-bond donors (Lipinski definition) is 0. The number of allylic oxidation sites excluding steroid dienone is 7. The molecule has 0 N–H and O–H groups in total. The molecule has 39 heavy (non-hydrogen) atoms. The zero-order valence-corrected chi connectivity index (χ0v) is 21.6. The molecule has 0 heterocycles. The van der Waals surface area contributed by atoms with Crippen LogP contribution in [0.3, 0.4) is 0 Å². The largest absolute Gasteiger partial charge is 0.426 e. The van der Waals surface area contributed by atoms with Gasteiger partial charge < -0.3 is 9.47 Å². The summed E-state index contributed by atoms with van der Waals surface area (Å²) in [4.78, 5) is 24.1. The molecule has 0 fully saturated rings. The lowest BCUT2D eigenvalue weighted by molar-refractivity contribution is -0.139. The van der Waals surface area contributed by atoms with Crippen LogP contribution in [-0.2, 0) is 14.3 Å². The van der Waals surface area contributed by atoms with E-state index in [-0.39, 0.29) is 24.0 Å². The number of carbonyl (C=O) groups is 2. The van der Waals surface area contributed by atoms with Gasteiger partial charge in [-0.1, -0.05) is 44.2 Å². The molecular formula is C32H29F2NO4. The maximum absolute atomic E-state index is 14.5. The molecule has 2 aliphatic carbocycles.